The van der Waals surface area contributed by atoms with E-state index in [0.717, 1.165) is 16.9 Å². The average Bonchev–Trinajstić information content (AvgIpc) is 2.74. The van der Waals surface area contributed by atoms with Crippen LogP contribution in [0.4, 0.5) is 11.4 Å². The lowest BCUT2D eigenvalue weighted by Gasteiger charge is -2.13. The van der Waals surface area contributed by atoms with Gasteiger partial charge in [-0.05, 0) is 55.3 Å². The van der Waals surface area contributed by atoms with Crippen molar-refractivity contribution in [3.8, 4) is 0 Å². The van der Waals surface area contributed by atoms with E-state index in [1.165, 1.54) is 12.1 Å². The molecule has 0 fully saturated rings. The summed E-state index contributed by atoms with van der Waals surface area (Å²) in [5.74, 6) is 0.626. The van der Waals surface area contributed by atoms with Crippen LogP contribution in [-0.2, 0) is 20.6 Å². The van der Waals surface area contributed by atoms with Gasteiger partial charge in [0.05, 0.1) is 15.8 Å². The van der Waals surface area contributed by atoms with Crippen LogP contribution in [0.5, 0.6) is 0 Å². The van der Waals surface area contributed by atoms with Gasteiger partial charge < -0.3 is 5.32 Å². The molecule has 0 bridgehead atoms. The van der Waals surface area contributed by atoms with Gasteiger partial charge in [-0.15, -0.1) is 11.8 Å². The molecule has 3 aromatic rings. The number of amides is 1. The van der Waals surface area contributed by atoms with Crippen molar-refractivity contribution in [2.75, 3.05) is 10.0 Å². The number of benzene rings is 3. The normalized spacial score (nSPS) is 12.2. The summed E-state index contributed by atoms with van der Waals surface area (Å²) in [6.45, 7) is 3.70. The molecule has 1 amide bonds. The molecule has 0 aliphatic carbocycles. The molecule has 0 saturated heterocycles. The van der Waals surface area contributed by atoms with Gasteiger partial charge >= 0.3 is 0 Å². The van der Waals surface area contributed by atoms with Crippen LogP contribution in [0.25, 0.3) is 0 Å². The summed E-state index contributed by atoms with van der Waals surface area (Å²) in [7, 11) is -3.70. The van der Waals surface area contributed by atoms with Gasteiger partial charge in [-0.1, -0.05) is 48.5 Å². The van der Waals surface area contributed by atoms with Crippen LogP contribution < -0.4 is 10.0 Å². The molecule has 2 N–H and O–H groups in total. The third-order valence-electron chi connectivity index (χ3n) is 4.53. The third-order valence-corrected chi connectivity index (χ3v) is 7.13. The zero-order valence-electron chi connectivity index (χ0n) is 16.8. The molecule has 0 saturated carbocycles. The third kappa shape index (κ3) is 5.87. The second kappa shape index (κ2) is 9.82. The Morgan fingerprint density at radius 1 is 0.933 bits per heavy atom. The highest BCUT2D eigenvalue weighted by Gasteiger charge is 2.17. The molecule has 0 heterocycles. The fraction of sp³-hybridized carbons (Fsp3) is 0.174. The van der Waals surface area contributed by atoms with Crippen LogP contribution in [0.3, 0.4) is 0 Å². The lowest BCUT2D eigenvalue weighted by molar-refractivity contribution is -0.115. The van der Waals surface area contributed by atoms with Gasteiger partial charge in [0, 0.05) is 11.4 Å². The monoisotopic (exact) mass is 440 g/mol. The van der Waals surface area contributed by atoms with Gasteiger partial charge in [-0.2, -0.15) is 0 Å². The molecule has 0 aliphatic rings. The molecule has 1 atom stereocenters. The Morgan fingerprint density at radius 3 is 2.23 bits per heavy atom. The van der Waals surface area contributed by atoms with Gasteiger partial charge in [0.25, 0.3) is 10.0 Å². The minimum absolute atomic E-state index is 0.121. The molecule has 156 valence electrons. The number of thioether (sulfide) groups is 1. The van der Waals surface area contributed by atoms with Crippen LogP contribution in [0, 0.1) is 6.92 Å². The number of hydrogen-bond donors (Lipinski definition) is 2. The molecule has 0 unspecified atom stereocenters. The number of para-hydroxylation sites is 1. The van der Waals surface area contributed by atoms with E-state index in [9.17, 15) is 13.2 Å². The Kier molecular flexibility index (Phi) is 7.18. The SMILES string of the molecule is Cc1ccccc1NS(=O)(=O)c1ccc(NC(=O)[C@@H](C)SCc2ccccc2)cc1. The van der Waals surface area contributed by atoms with Crippen LogP contribution in [0.1, 0.15) is 18.1 Å². The quantitative estimate of drug-likeness (QED) is 0.514. The maximum absolute atomic E-state index is 12.6. The number of carbonyl (C=O) groups is 1. The lowest BCUT2D eigenvalue weighted by Crippen LogP contribution is -2.22. The average molecular weight is 441 g/mol. The van der Waals surface area contributed by atoms with Gasteiger partial charge in [0.1, 0.15) is 0 Å². The van der Waals surface area contributed by atoms with Crippen molar-refractivity contribution in [2.24, 2.45) is 0 Å². The summed E-state index contributed by atoms with van der Waals surface area (Å²) < 4.78 is 27.8. The van der Waals surface area contributed by atoms with Crippen molar-refractivity contribution in [3.05, 3.63) is 90.0 Å². The molecular weight excluding hydrogens is 416 g/mol. The minimum atomic E-state index is -3.70. The van der Waals surface area contributed by atoms with Crippen molar-refractivity contribution in [1.29, 1.82) is 0 Å². The van der Waals surface area contributed by atoms with Gasteiger partial charge in [0.2, 0.25) is 5.91 Å². The summed E-state index contributed by atoms with van der Waals surface area (Å²) in [5.41, 5.74) is 3.10. The number of nitrogens with one attached hydrogen (secondary N) is 2. The van der Waals surface area contributed by atoms with Crippen LogP contribution in [0.2, 0.25) is 0 Å². The maximum atomic E-state index is 12.6. The fourth-order valence-corrected chi connectivity index (χ4v) is 4.70. The Morgan fingerprint density at radius 2 is 1.57 bits per heavy atom. The van der Waals surface area contributed by atoms with Crippen LogP contribution in [0.15, 0.2) is 83.8 Å². The van der Waals surface area contributed by atoms with E-state index in [1.54, 1.807) is 36.0 Å². The van der Waals surface area contributed by atoms with Crippen molar-refractivity contribution in [1.82, 2.24) is 0 Å². The molecule has 7 heteroatoms. The molecule has 0 radical (unpaired) electrons. The predicted octanol–water partition coefficient (Wildman–Crippen LogP) is 5.06. The van der Waals surface area contributed by atoms with E-state index in [0.29, 0.717) is 11.4 Å². The molecule has 0 aliphatic heterocycles. The zero-order chi connectivity index (χ0) is 21.6. The first-order chi connectivity index (χ1) is 14.3. The number of hydrogen-bond acceptors (Lipinski definition) is 4. The van der Waals surface area contributed by atoms with Crippen molar-refractivity contribution in [2.45, 2.75) is 29.7 Å². The number of anilines is 2. The molecule has 30 heavy (non-hydrogen) atoms. The minimum Gasteiger partial charge on any atom is -0.325 e. The van der Waals surface area contributed by atoms with E-state index in [4.69, 9.17) is 0 Å². The molecule has 0 aromatic heterocycles. The first-order valence-electron chi connectivity index (χ1n) is 9.50. The number of rotatable bonds is 8. The number of sulfonamides is 1. The first-order valence-corrected chi connectivity index (χ1v) is 12.0. The summed E-state index contributed by atoms with van der Waals surface area (Å²) >= 11 is 1.55. The van der Waals surface area contributed by atoms with E-state index in [-0.39, 0.29) is 16.1 Å². The number of carbonyl (C=O) groups excluding carboxylic acids is 1. The van der Waals surface area contributed by atoms with Gasteiger partial charge in [-0.3, -0.25) is 9.52 Å². The molecule has 3 aromatic carbocycles. The Balaban J connectivity index is 1.59. The van der Waals surface area contributed by atoms with Crippen LogP contribution >= 0.6 is 11.8 Å². The molecule has 3 rings (SSSR count). The zero-order valence-corrected chi connectivity index (χ0v) is 18.5. The number of aryl methyl sites for hydroxylation is 1. The van der Waals surface area contributed by atoms with Crippen molar-refractivity contribution in [3.63, 3.8) is 0 Å². The predicted molar refractivity (Wildman–Crippen MR) is 124 cm³/mol. The second-order valence-electron chi connectivity index (χ2n) is 6.87. The molecular formula is C23H24N2O3S2. The summed E-state index contributed by atoms with van der Waals surface area (Å²) in [5, 5.41) is 2.60. The van der Waals surface area contributed by atoms with Crippen molar-refractivity contribution < 1.29 is 13.2 Å². The summed E-state index contributed by atoms with van der Waals surface area (Å²) in [6.07, 6.45) is 0. The van der Waals surface area contributed by atoms with Gasteiger partial charge in [-0.25, -0.2) is 8.42 Å². The summed E-state index contributed by atoms with van der Waals surface area (Å²) in [4.78, 5) is 12.6. The Labute approximate surface area is 182 Å². The van der Waals surface area contributed by atoms with Crippen molar-refractivity contribution >= 4 is 39.1 Å². The molecule has 5 nitrogen and oxygen atoms in total. The lowest BCUT2D eigenvalue weighted by atomic mass is 10.2. The van der Waals surface area contributed by atoms with E-state index in [1.807, 2.05) is 56.3 Å². The largest absolute Gasteiger partial charge is 0.325 e. The fourth-order valence-electron chi connectivity index (χ4n) is 2.72. The molecule has 0 spiro atoms. The topological polar surface area (TPSA) is 75.3 Å². The highest BCUT2D eigenvalue weighted by molar-refractivity contribution is 7.99. The maximum Gasteiger partial charge on any atom is 0.261 e. The van der Waals surface area contributed by atoms with E-state index >= 15 is 0 Å². The highest BCUT2D eigenvalue weighted by atomic mass is 32.2. The Bertz CT molecular complexity index is 1100. The van der Waals surface area contributed by atoms with E-state index < -0.39 is 10.0 Å². The highest BCUT2D eigenvalue weighted by Crippen LogP contribution is 2.22. The van der Waals surface area contributed by atoms with Gasteiger partial charge in [0.15, 0.2) is 0 Å². The first kappa shape index (κ1) is 21.9. The van der Waals surface area contributed by atoms with E-state index in [2.05, 4.69) is 10.0 Å². The summed E-state index contributed by atoms with van der Waals surface area (Å²) in [6, 6.07) is 23.3. The van der Waals surface area contributed by atoms with Crippen LogP contribution in [-0.4, -0.2) is 19.6 Å². The standard InChI is InChI=1S/C23H24N2O3S2/c1-17-8-6-7-11-22(17)25-30(27,28)21-14-12-20(13-15-21)24-23(26)18(2)29-16-19-9-4-3-5-10-19/h3-15,18,25H,16H2,1-2H3,(H,24,26)/t18-/m1/s1. The smallest absolute Gasteiger partial charge is 0.261 e. The second-order valence-corrected chi connectivity index (χ2v) is 9.88. The Hall–Kier alpha value is -2.77.